The van der Waals surface area contributed by atoms with Crippen LogP contribution in [-0.4, -0.2) is 45.3 Å². The largest absolute Gasteiger partial charge is 0.383 e. The Morgan fingerprint density at radius 1 is 1.30 bits per heavy atom. The van der Waals surface area contributed by atoms with Crippen molar-refractivity contribution in [1.82, 2.24) is 25.2 Å². The topological polar surface area (TPSA) is 86.8 Å². The Morgan fingerprint density at radius 2 is 2.15 bits per heavy atom. The second-order valence-corrected chi connectivity index (χ2v) is 6.98. The summed E-state index contributed by atoms with van der Waals surface area (Å²) in [6.07, 6.45) is 2.68. The minimum absolute atomic E-state index is 0. The van der Waals surface area contributed by atoms with Gasteiger partial charge in [-0.25, -0.2) is 4.99 Å². The van der Waals surface area contributed by atoms with E-state index in [0.29, 0.717) is 12.5 Å². The van der Waals surface area contributed by atoms with E-state index in [2.05, 4.69) is 25.8 Å². The lowest BCUT2D eigenvalue weighted by Gasteiger charge is -2.21. The number of hydrogen-bond donors (Lipinski definition) is 3. The Morgan fingerprint density at radius 3 is 2.89 bits per heavy atom. The van der Waals surface area contributed by atoms with Crippen LogP contribution in [0.5, 0.6) is 0 Å². The van der Waals surface area contributed by atoms with Gasteiger partial charge in [0.05, 0.1) is 6.54 Å². The van der Waals surface area contributed by atoms with E-state index in [1.165, 1.54) is 0 Å². The number of nitrogens with zero attached hydrogens (tertiary/aromatic N) is 4. The van der Waals surface area contributed by atoms with Gasteiger partial charge in [-0.2, -0.15) is 11.3 Å². The first kappa shape index (κ1) is 21.6. The average molecular weight is 500 g/mol. The number of rotatable bonds is 7. The number of thiophene rings is 1. The molecule has 0 bridgehead atoms. The minimum Gasteiger partial charge on any atom is -0.383 e. The van der Waals surface area contributed by atoms with Crippen LogP contribution in [0.4, 0.5) is 0 Å². The number of halogens is 1. The van der Waals surface area contributed by atoms with Crippen molar-refractivity contribution in [3.63, 3.8) is 0 Å². The molecule has 0 aliphatic heterocycles. The lowest BCUT2D eigenvalue weighted by molar-refractivity contribution is 0.0677. The maximum atomic E-state index is 10.6. The van der Waals surface area contributed by atoms with Gasteiger partial charge in [0, 0.05) is 25.7 Å². The molecule has 0 radical (unpaired) electrons. The third-order valence-electron chi connectivity index (χ3n) is 4.06. The van der Waals surface area contributed by atoms with Crippen LogP contribution in [-0.2, 0) is 12.0 Å². The molecule has 3 N–H and O–H groups in total. The van der Waals surface area contributed by atoms with Crippen molar-refractivity contribution >= 4 is 46.9 Å². The van der Waals surface area contributed by atoms with E-state index in [1.54, 1.807) is 18.3 Å². The molecule has 0 amide bonds. The summed E-state index contributed by atoms with van der Waals surface area (Å²) in [5.41, 5.74) is 0.748. The molecule has 0 aliphatic rings. The molecule has 3 heterocycles. The number of pyridine rings is 1. The zero-order valence-corrected chi connectivity index (χ0v) is 18.6. The van der Waals surface area contributed by atoms with E-state index in [4.69, 9.17) is 0 Å². The van der Waals surface area contributed by atoms with Crippen molar-refractivity contribution in [2.45, 2.75) is 25.9 Å². The SMILES string of the molecule is CCNC(=NCC(C)(O)c1ccsc1)NCCc1nnc2ccccn12.I. The summed E-state index contributed by atoms with van der Waals surface area (Å²) in [5.74, 6) is 1.58. The smallest absolute Gasteiger partial charge is 0.191 e. The normalized spacial score (nSPS) is 13.8. The monoisotopic (exact) mass is 500 g/mol. The summed E-state index contributed by atoms with van der Waals surface area (Å²) in [4.78, 5) is 4.53. The molecule has 0 fully saturated rings. The number of aromatic nitrogens is 3. The third kappa shape index (κ3) is 5.63. The van der Waals surface area contributed by atoms with Crippen molar-refractivity contribution in [2.24, 2.45) is 4.99 Å². The van der Waals surface area contributed by atoms with Crippen LogP contribution in [0.25, 0.3) is 5.65 Å². The van der Waals surface area contributed by atoms with Crippen LogP contribution in [0.3, 0.4) is 0 Å². The lowest BCUT2D eigenvalue weighted by Crippen LogP contribution is -2.39. The highest BCUT2D eigenvalue weighted by atomic mass is 127. The second kappa shape index (κ2) is 10.00. The van der Waals surface area contributed by atoms with Gasteiger partial charge < -0.3 is 15.7 Å². The summed E-state index contributed by atoms with van der Waals surface area (Å²) in [7, 11) is 0. The molecular weight excluding hydrogens is 475 g/mol. The fourth-order valence-corrected chi connectivity index (χ4v) is 3.37. The first-order chi connectivity index (χ1) is 12.6. The molecule has 1 atom stereocenters. The fourth-order valence-electron chi connectivity index (χ4n) is 2.59. The third-order valence-corrected chi connectivity index (χ3v) is 4.74. The van der Waals surface area contributed by atoms with Crippen molar-refractivity contribution in [3.8, 4) is 0 Å². The van der Waals surface area contributed by atoms with E-state index < -0.39 is 5.60 Å². The number of fused-ring (bicyclic) bond motifs is 1. The van der Waals surface area contributed by atoms with Crippen LogP contribution >= 0.6 is 35.3 Å². The van der Waals surface area contributed by atoms with Crippen LogP contribution in [0, 0.1) is 0 Å². The standard InChI is InChI=1S/C18H24N6OS.HI/c1-3-19-17(21-13-18(2,25)14-8-11-26-12-14)20-9-7-16-23-22-15-6-4-5-10-24(15)16;/h4-6,8,10-12,25H,3,7,9,13H2,1-2H3,(H2,19,20,21);1H. The average Bonchev–Trinajstić information content (AvgIpc) is 3.30. The number of guanidine groups is 1. The summed E-state index contributed by atoms with van der Waals surface area (Å²) >= 11 is 1.57. The molecule has 146 valence electrons. The number of aliphatic imine (C=N–C) groups is 1. The summed E-state index contributed by atoms with van der Waals surface area (Å²) < 4.78 is 1.98. The molecular formula is C18H25IN6OS. The van der Waals surface area contributed by atoms with Gasteiger partial charge in [-0.1, -0.05) is 6.07 Å². The highest BCUT2D eigenvalue weighted by Gasteiger charge is 2.23. The van der Waals surface area contributed by atoms with Gasteiger partial charge in [-0.15, -0.1) is 34.2 Å². The molecule has 1 unspecified atom stereocenters. The van der Waals surface area contributed by atoms with Crippen molar-refractivity contribution in [1.29, 1.82) is 0 Å². The quantitative estimate of drug-likeness (QED) is 0.264. The second-order valence-electron chi connectivity index (χ2n) is 6.20. The lowest BCUT2D eigenvalue weighted by atomic mass is 10.00. The van der Waals surface area contributed by atoms with Crippen LogP contribution in [0.1, 0.15) is 25.2 Å². The van der Waals surface area contributed by atoms with E-state index in [9.17, 15) is 5.11 Å². The summed E-state index contributed by atoms with van der Waals surface area (Å²) in [5, 5.41) is 29.4. The molecule has 0 aromatic carbocycles. The van der Waals surface area contributed by atoms with Gasteiger partial charge in [-0.3, -0.25) is 4.40 Å². The van der Waals surface area contributed by atoms with Gasteiger partial charge in [0.25, 0.3) is 0 Å². The number of aliphatic hydroxyl groups is 1. The summed E-state index contributed by atoms with van der Waals surface area (Å²) in [6, 6.07) is 7.77. The van der Waals surface area contributed by atoms with E-state index in [1.807, 2.05) is 52.5 Å². The van der Waals surface area contributed by atoms with Gasteiger partial charge in [-0.05, 0) is 48.4 Å². The van der Waals surface area contributed by atoms with Crippen LogP contribution < -0.4 is 10.6 Å². The molecule has 0 spiro atoms. The van der Waals surface area contributed by atoms with Crippen molar-refractivity contribution in [3.05, 3.63) is 52.6 Å². The van der Waals surface area contributed by atoms with Gasteiger partial charge in [0.2, 0.25) is 0 Å². The van der Waals surface area contributed by atoms with E-state index in [0.717, 1.165) is 30.0 Å². The highest BCUT2D eigenvalue weighted by Crippen LogP contribution is 2.23. The number of hydrogen-bond acceptors (Lipinski definition) is 5. The predicted octanol–water partition coefficient (Wildman–Crippen LogP) is 2.41. The minimum atomic E-state index is -0.981. The molecule has 3 aromatic rings. The Hall–Kier alpha value is -1.72. The van der Waals surface area contributed by atoms with Crippen molar-refractivity contribution in [2.75, 3.05) is 19.6 Å². The maximum Gasteiger partial charge on any atom is 0.191 e. The Bertz CT molecular complexity index is 862. The van der Waals surface area contributed by atoms with Crippen molar-refractivity contribution < 1.29 is 5.11 Å². The Labute approximate surface area is 180 Å². The summed E-state index contributed by atoms with van der Waals surface area (Å²) in [6.45, 7) is 5.50. The zero-order valence-electron chi connectivity index (χ0n) is 15.4. The van der Waals surface area contributed by atoms with E-state index in [-0.39, 0.29) is 30.5 Å². The van der Waals surface area contributed by atoms with Crippen LogP contribution in [0.15, 0.2) is 46.2 Å². The first-order valence-electron chi connectivity index (χ1n) is 8.66. The fraction of sp³-hybridized carbons (Fsp3) is 0.389. The molecule has 3 rings (SSSR count). The molecule has 0 saturated heterocycles. The molecule has 0 saturated carbocycles. The van der Waals surface area contributed by atoms with Gasteiger partial charge in [0.1, 0.15) is 11.4 Å². The molecule has 3 aromatic heterocycles. The number of nitrogens with one attached hydrogen (secondary N) is 2. The predicted molar refractivity (Wildman–Crippen MR) is 120 cm³/mol. The Kier molecular flexibility index (Phi) is 7.99. The molecule has 0 aliphatic carbocycles. The van der Waals surface area contributed by atoms with Crippen LogP contribution in [0.2, 0.25) is 0 Å². The zero-order chi connectivity index (χ0) is 18.4. The maximum absolute atomic E-state index is 10.6. The van der Waals surface area contributed by atoms with Gasteiger partial charge >= 0.3 is 0 Å². The van der Waals surface area contributed by atoms with E-state index >= 15 is 0 Å². The van der Waals surface area contributed by atoms with Gasteiger partial charge in [0.15, 0.2) is 11.6 Å². The molecule has 9 heteroatoms. The molecule has 27 heavy (non-hydrogen) atoms. The Balaban J connectivity index is 0.00000261. The highest BCUT2D eigenvalue weighted by molar-refractivity contribution is 14.0. The first-order valence-corrected chi connectivity index (χ1v) is 9.60. The molecule has 7 nitrogen and oxygen atoms in total.